The van der Waals surface area contributed by atoms with Crippen LogP contribution >= 0.6 is 22.9 Å². The van der Waals surface area contributed by atoms with Crippen LogP contribution in [0.4, 0.5) is 0 Å². The van der Waals surface area contributed by atoms with Crippen LogP contribution in [0.25, 0.3) is 6.08 Å². The summed E-state index contributed by atoms with van der Waals surface area (Å²) < 4.78 is 18.3. The number of carbonyl (C=O) groups is 1. The number of hydrogen-bond acceptors (Lipinski definition) is 7. The van der Waals surface area contributed by atoms with Crippen molar-refractivity contribution in [2.45, 2.75) is 19.9 Å². The molecule has 2 aliphatic heterocycles. The highest BCUT2D eigenvalue weighted by Crippen LogP contribution is 2.38. The predicted molar refractivity (Wildman–Crippen MR) is 124 cm³/mol. The van der Waals surface area contributed by atoms with Crippen LogP contribution in [0, 0.1) is 0 Å². The molecule has 0 fully saturated rings. The van der Waals surface area contributed by atoms with E-state index >= 15 is 0 Å². The molecule has 3 aromatic rings. The van der Waals surface area contributed by atoms with Crippen LogP contribution < -0.4 is 24.4 Å². The lowest BCUT2D eigenvalue weighted by Crippen LogP contribution is -2.39. The first kappa shape index (κ1) is 21.5. The Kier molecular flexibility index (Phi) is 5.55. The molecule has 1 atom stereocenters. The van der Waals surface area contributed by atoms with Gasteiger partial charge in [-0.05, 0) is 49.2 Å². The Hall–Kier alpha value is -3.36. The highest BCUT2D eigenvalue weighted by Gasteiger charge is 2.34. The summed E-state index contributed by atoms with van der Waals surface area (Å²) in [5.74, 6) is 0.661. The fraction of sp³-hybridized carbons (Fsp3) is 0.208. The second-order valence-corrected chi connectivity index (χ2v) is 8.85. The Bertz CT molecular complexity index is 1490. The summed E-state index contributed by atoms with van der Waals surface area (Å²) in [6.07, 6.45) is 1.74. The fourth-order valence-electron chi connectivity index (χ4n) is 3.92. The number of ether oxygens (including phenoxy) is 3. The number of fused-ring (bicyclic) bond motifs is 2. The molecule has 3 heterocycles. The van der Waals surface area contributed by atoms with Gasteiger partial charge in [-0.2, -0.15) is 0 Å². The van der Waals surface area contributed by atoms with Crippen LogP contribution in [0.3, 0.4) is 0 Å². The summed E-state index contributed by atoms with van der Waals surface area (Å²) in [5, 5.41) is 0.541. The van der Waals surface area contributed by atoms with E-state index in [2.05, 4.69) is 4.99 Å². The number of benzene rings is 2. The van der Waals surface area contributed by atoms with Gasteiger partial charge in [-0.3, -0.25) is 9.36 Å². The van der Waals surface area contributed by atoms with Gasteiger partial charge in [0.15, 0.2) is 16.3 Å². The van der Waals surface area contributed by atoms with Gasteiger partial charge in [-0.1, -0.05) is 47.2 Å². The maximum Gasteiger partial charge on any atom is 0.338 e. The van der Waals surface area contributed by atoms with Gasteiger partial charge < -0.3 is 14.2 Å². The lowest BCUT2D eigenvalue weighted by atomic mass is 9.95. The van der Waals surface area contributed by atoms with Gasteiger partial charge in [0, 0.05) is 5.02 Å². The molecule has 0 radical (unpaired) electrons. The molecule has 33 heavy (non-hydrogen) atoms. The number of nitrogens with zero attached hydrogens (tertiary/aromatic N) is 2. The van der Waals surface area contributed by atoms with Crippen molar-refractivity contribution >= 4 is 35.0 Å². The minimum absolute atomic E-state index is 0.124. The van der Waals surface area contributed by atoms with Crippen LogP contribution in [-0.2, 0) is 9.53 Å². The monoisotopic (exact) mass is 482 g/mol. The van der Waals surface area contributed by atoms with E-state index in [1.54, 1.807) is 38.1 Å². The normalized spacial score (nSPS) is 17.1. The third-order valence-corrected chi connectivity index (χ3v) is 6.75. The van der Waals surface area contributed by atoms with Crippen LogP contribution in [0.2, 0.25) is 5.02 Å². The number of rotatable bonds is 4. The standard InChI is InChI=1S/C24H19ClN2O5S/c1-3-30-23(29)20-13(2)26-24-27(21(20)15-8-9-17-18(10-15)32-12-31-17)22(28)19(33-24)11-14-6-4-5-7-16(14)25/h4-11,21H,3,12H2,1-2H3/t21-/m0/s1. The van der Waals surface area contributed by atoms with Gasteiger partial charge in [-0.25, -0.2) is 9.79 Å². The predicted octanol–water partition coefficient (Wildman–Crippen LogP) is 3.18. The summed E-state index contributed by atoms with van der Waals surface area (Å²) in [7, 11) is 0. The zero-order valence-corrected chi connectivity index (χ0v) is 19.4. The number of esters is 1. The van der Waals surface area contributed by atoms with Crippen LogP contribution in [0.15, 0.2) is 63.5 Å². The molecule has 1 aromatic heterocycles. The Morgan fingerprint density at radius 3 is 2.85 bits per heavy atom. The van der Waals surface area contributed by atoms with Crippen molar-refractivity contribution in [2.75, 3.05) is 13.4 Å². The van der Waals surface area contributed by atoms with E-state index in [-0.39, 0.29) is 19.0 Å². The number of carbonyl (C=O) groups excluding carboxylic acids is 1. The molecule has 0 saturated heterocycles. The molecule has 9 heteroatoms. The first-order valence-corrected chi connectivity index (χ1v) is 11.5. The Morgan fingerprint density at radius 2 is 2.06 bits per heavy atom. The Labute approximate surface area is 197 Å². The number of thiazole rings is 1. The molecule has 0 amide bonds. The molecule has 2 aliphatic rings. The molecule has 0 saturated carbocycles. The second-order valence-electron chi connectivity index (χ2n) is 7.44. The summed E-state index contributed by atoms with van der Waals surface area (Å²) in [6.45, 7) is 3.82. The molecule has 0 N–H and O–H groups in total. The zero-order chi connectivity index (χ0) is 23.1. The molecular weight excluding hydrogens is 464 g/mol. The average molecular weight is 483 g/mol. The van der Waals surface area contributed by atoms with Crippen LogP contribution in [0.5, 0.6) is 11.5 Å². The molecular formula is C24H19ClN2O5S. The molecule has 0 spiro atoms. The molecule has 2 aromatic carbocycles. The maximum atomic E-state index is 13.6. The Balaban J connectivity index is 1.74. The van der Waals surface area contributed by atoms with E-state index in [9.17, 15) is 9.59 Å². The van der Waals surface area contributed by atoms with Crippen LogP contribution in [0.1, 0.15) is 31.0 Å². The van der Waals surface area contributed by atoms with Crippen LogP contribution in [-0.4, -0.2) is 23.9 Å². The summed E-state index contributed by atoms with van der Waals surface area (Å²) >= 11 is 7.55. The van der Waals surface area contributed by atoms with E-state index in [4.69, 9.17) is 25.8 Å². The van der Waals surface area contributed by atoms with Crippen molar-refractivity contribution in [1.82, 2.24) is 4.57 Å². The lowest BCUT2D eigenvalue weighted by molar-refractivity contribution is -0.139. The van der Waals surface area contributed by atoms with Gasteiger partial charge in [0.2, 0.25) is 6.79 Å². The number of hydrogen-bond donors (Lipinski definition) is 0. The summed E-state index contributed by atoms with van der Waals surface area (Å²) in [4.78, 5) is 31.6. The minimum atomic E-state index is -0.719. The minimum Gasteiger partial charge on any atom is -0.463 e. The molecule has 0 aliphatic carbocycles. The van der Waals surface area contributed by atoms with E-state index < -0.39 is 12.0 Å². The van der Waals surface area contributed by atoms with Gasteiger partial charge in [0.1, 0.15) is 0 Å². The number of halogens is 1. The molecule has 0 unspecified atom stereocenters. The number of allylic oxidation sites excluding steroid dienone is 1. The lowest BCUT2D eigenvalue weighted by Gasteiger charge is -2.24. The third-order valence-electron chi connectivity index (χ3n) is 5.42. The second kappa shape index (κ2) is 8.53. The summed E-state index contributed by atoms with van der Waals surface area (Å²) in [5.41, 5.74) is 1.97. The van der Waals surface area contributed by atoms with Crippen molar-refractivity contribution < 1.29 is 19.0 Å². The smallest absolute Gasteiger partial charge is 0.338 e. The van der Waals surface area contributed by atoms with Crippen molar-refractivity contribution in [3.8, 4) is 11.5 Å². The van der Waals surface area contributed by atoms with Gasteiger partial charge in [0.05, 0.1) is 28.5 Å². The summed E-state index contributed by atoms with van der Waals surface area (Å²) in [6, 6.07) is 12.0. The van der Waals surface area contributed by atoms with Gasteiger partial charge in [0.25, 0.3) is 5.56 Å². The molecule has 168 valence electrons. The topological polar surface area (TPSA) is 79.1 Å². The van der Waals surface area contributed by atoms with E-state index in [1.165, 1.54) is 15.9 Å². The SMILES string of the molecule is CCOC(=O)C1=C(C)N=c2sc(=Cc3ccccc3Cl)c(=O)n2[C@H]1c1ccc2c(c1)OCO2. The maximum absolute atomic E-state index is 13.6. The van der Waals surface area contributed by atoms with Crippen molar-refractivity contribution in [3.63, 3.8) is 0 Å². The molecule has 5 rings (SSSR count). The molecule has 0 bridgehead atoms. The van der Waals surface area contributed by atoms with Gasteiger partial charge in [-0.15, -0.1) is 0 Å². The fourth-order valence-corrected chi connectivity index (χ4v) is 5.15. The molecule has 7 nitrogen and oxygen atoms in total. The third kappa shape index (κ3) is 3.75. The van der Waals surface area contributed by atoms with Crippen molar-refractivity contribution in [3.05, 3.63) is 89.6 Å². The van der Waals surface area contributed by atoms with Crippen molar-refractivity contribution in [2.24, 2.45) is 4.99 Å². The van der Waals surface area contributed by atoms with E-state index in [0.29, 0.717) is 42.7 Å². The zero-order valence-electron chi connectivity index (χ0n) is 17.8. The highest BCUT2D eigenvalue weighted by atomic mass is 35.5. The average Bonchev–Trinajstić information content (AvgIpc) is 3.38. The number of aromatic nitrogens is 1. The highest BCUT2D eigenvalue weighted by molar-refractivity contribution is 7.07. The quantitative estimate of drug-likeness (QED) is 0.534. The van der Waals surface area contributed by atoms with Gasteiger partial charge >= 0.3 is 5.97 Å². The first-order chi connectivity index (χ1) is 16.0. The first-order valence-electron chi connectivity index (χ1n) is 10.3. The Morgan fingerprint density at radius 1 is 1.27 bits per heavy atom. The van der Waals surface area contributed by atoms with Crippen molar-refractivity contribution in [1.29, 1.82) is 0 Å². The van der Waals surface area contributed by atoms with E-state index in [0.717, 1.165) is 5.56 Å². The largest absolute Gasteiger partial charge is 0.463 e. The van der Waals surface area contributed by atoms with E-state index in [1.807, 2.05) is 24.3 Å².